The number of carboxylic acid groups (broad SMARTS) is 1. The average molecular weight is 294 g/mol. The number of aliphatic carboxylic acids is 1. The molecule has 3 fully saturated rings. The van der Waals surface area contributed by atoms with Gasteiger partial charge in [0.25, 0.3) is 0 Å². The molecule has 1 saturated heterocycles. The fraction of sp³-hybridized carbons (Fsp3) is 0.875. The quantitative estimate of drug-likeness (QED) is 0.825. The molecule has 2 bridgehead atoms. The molecule has 5 nitrogen and oxygen atoms in total. The van der Waals surface area contributed by atoms with Crippen LogP contribution in [0, 0.1) is 23.7 Å². The number of hydrogen-bond donors (Lipinski definition) is 2. The summed E-state index contributed by atoms with van der Waals surface area (Å²) in [6.07, 6.45) is 5.77. The number of nitrogens with zero attached hydrogens (tertiary/aromatic N) is 1. The third kappa shape index (κ3) is 2.45. The predicted molar refractivity (Wildman–Crippen MR) is 78.4 cm³/mol. The van der Waals surface area contributed by atoms with Gasteiger partial charge in [-0.3, -0.25) is 4.79 Å². The van der Waals surface area contributed by atoms with Crippen molar-refractivity contribution in [1.29, 1.82) is 0 Å². The Morgan fingerprint density at radius 1 is 1.19 bits per heavy atom. The number of amides is 1. The average Bonchev–Trinajstić information content (AvgIpc) is 3.06. The summed E-state index contributed by atoms with van der Waals surface area (Å²) in [5, 5.41) is 9.49. The van der Waals surface area contributed by atoms with Gasteiger partial charge in [-0.1, -0.05) is 13.3 Å². The normalized spacial score (nSPS) is 42.3. The van der Waals surface area contributed by atoms with Crippen LogP contribution in [0.4, 0.5) is 0 Å². The maximum Gasteiger partial charge on any atom is 0.326 e. The van der Waals surface area contributed by atoms with Crippen LogP contribution < -0.4 is 5.73 Å². The number of likely N-dealkylation sites (tertiary alicyclic amines) is 1. The largest absolute Gasteiger partial charge is 0.480 e. The lowest BCUT2D eigenvalue weighted by molar-refractivity contribution is -0.156. The van der Waals surface area contributed by atoms with E-state index >= 15 is 0 Å². The van der Waals surface area contributed by atoms with Crippen LogP contribution in [-0.4, -0.2) is 40.5 Å². The van der Waals surface area contributed by atoms with Gasteiger partial charge < -0.3 is 15.7 Å². The van der Waals surface area contributed by atoms with Crippen molar-refractivity contribution in [2.45, 2.75) is 57.5 Å². The zero-order chi connectivity index (χ0) is 15.1. The van der Waals surface area contributed by atoms with E-state index in [-0.39, 0.29) is 17.9 Å². The lowest BCUT2D eigenvalue weighted by Gasteiger charge is -2.40. The summed E-state index contributed by atoms with van der Waals surface area (Å²) in [7, 11) is 0. The second-order valence-corrected chi connectivity index (χ2v) is 7.12. The van der Waals surface area contributed by atoms with Gasteiger partial charge in [0.05, 0.1) is 5.92 Å². The third-order valence-electron chi connectivity index (χ3n) is 6.12. The third-order valence-corrected chi connectivity index (χ3v) is 6.12. The Hall–Kier alpha value is -1.10. The molecular formula is C16H26N2O3. The Morgan fingerprint density at radius 3 is 2.48 bits per heavy atom. The highest BCUT2D eigenvalue weighted by Crippen LogP contribution is 2.48. The number of fused-ring (bicyclic) bond motifs is 2. The zero-order valence-electron chi connectivity index (χ0n) is 12.7. The van der Waals surface area contributed by atoms with E-state index in [4.69, 9.17) is 5.73 Å². The van der Waals surface area contributed by atoms with E-state index in [1.165, 1.54) is 0 Å². The number of carbonyl (C=O) groups excluding carboxylic acids is 1. The first-order valence-corrected chi connectivity index (χ1v) is 8.31. The van der Waals surface area contributed by atoms with Gasteiger partial charge in [0, 0.05) is 12.6 Å². The van der Waals surface area contributed by atoms with E-state index in [9.17, 15) is 14.7 Å². The molecule has 118 valence electrons. The van der Waals surface area contributed by atoms with Crippen LogP contribution in [0.2, 0.25) is 0 Å². The number of piperidine rings is 1. The fourth-order valence-corrected chi connectivity index (χ4v) is 4.80. The highest BCUT2D eigenvalue weighted by molar-refractivity contribution is 5.86. The van der Waals surface area contributed by atoms with Crippen LogP contribution in [-0.2, 0) is 9.59 Å². The van der Waals surface area contributed by atoms with Gasteiger partial charge in [-0.2, -0.15) is 0 Å². The Balaban J connectivity index is 1.75. The summed E-state index contributed by atoms with van der Waals surface area (Å²) in [5.74, 6) is 0.291. The van der Waals surface area contributed by atoms with Crippen LogP contribution in [0.5, 0.6) is 0 Å². The van der Waals surface area contributed by atoms with Gasteiger partial charge in [-0.05, 0) is 49.9 Å². The summed E-state index contributed by atoms with van der Waals surface area (Å²) in [4.78, 5) is 26.1. The van der Waals surface area contributed by atoms with Gasteiger partial charge in [0.2, 0.25) is 5.91 Å². The Labute approximate surface area is 125 Å². The predicted octanol–water partition coefficient (Wildman–Crippen LogP) is 1.46. The van der Waals surface area contributed by atoms with Gasteiger partial charge in [0.15, 0.2) is 0 Å². The smallest absolute Gasteiger partial charge is 0.326 e. The standard InChI is InChI=1S/C16H26N2O3/c1-2-9-5-6-18(12(7-9)16(20)21)15(19)13-10-3-4-11(8-10)14(13)17/h9-14H,2-8,17H2,1H3,(H,20,21). The number of hydrogen-bond acceptors (Lipinski definition) is 3. The molecule has 5 heteroatoms. The molecule has 3 aliphatic rings. The molecule has 0 aromatic carbocycles. The molecule has 0 aromatic heterocycles. The minimum atomic E-state index is -0.863. The molecule has 6 atom stereocenters. The van der Waals surface area contributed by atoms with Gasteiger partial charge in [0.1, 0.15) is 6.04 Å². The monoisotopic (exact) mass is 294 g/mol. The second-order valence-electron chi connectivity index (χ2n) is 7.12. The first-order valence-electron chi connectivity index (χ1n) is 8.31. The molecule has 0 spiro atoms. The molecule has 6 unspecified atom stereocenters. The molecule has 21 heavy (non-hydrogen) atoms. The van der Waals surface area contributed by atoms with E-state index in [0.29, 0.717) is 30.7 Å². The molecule has 2 saturated carbocycles. The summed E-state index contributed by atoms with van der Waals surface area (Å²) in [6, 6.07) is -0.711. The first-order chi connectivity index (χ1) is 10.0. The molecule has 1 amide bonds. The maximum atomic E-state index is 12.9. The number of carboxylic acids is 1. The van der Waals surface area contributed by atoms with Crippen LogP contribution in [0.25, 0.3) is 0 Å². The topological polar surface area (TPSA) is 83.6 Å². The Bertz CT molecular complexity index is 437. The zero-order valence-corrected chi connectivity index (χ0v) is 12.7. The molecule has 0 aromatic rings. The van der Waals surface area contributed by atoms with Crippen molar-refractivity contribution in [2.24, 2.45) is 29.4 Å². The SMILES string of the molecule is CCC1CCN(C(=O)C2C3CCC(C3)C2N)C(C(=O)O)C1. The van der Waals surface area contributed by atoms with Crippen molar-refractivity contribution >= 4 is 11.9 Å². The molecule has 1 heterocycles. The first kappa shape index (κ1) is 14.8. The molecule has 3 N–H and O–H groups in total. The van der Waals surface area contributed by atoms with E-state index < -0.39 is 12.0 Å². The maximum absolute atomic E-state index is 12.9. The second kappa shape index (κ2) is 5.59. The van der Waals surface area contributed by atoms with Crippen LogP contribution in [0.15, 0.2) is 0 Å². The van der Waals surface area contributed by atoms with E-state index in [0.717, 1.165) is 32.1 Å². The summed E-state index contributed by atoms with van der Waals surface area (Å²) in [5.41, 5.74) is 6.25. The van der Waals surface area contributed by atoms with E-state index in [1.54, 1.807) is 4.90 Å². The number of nitrogens with two attached hydrogens (primary N) is 1. The highest BCUT2D eigenvalue weighted by atomic mass is 16.4. The fourth-order valence-electron chi connectivity index (χ4n) is 4.80. The summed E-state index contributed by atoms with van der Waals surface area (Å²) >= 11 is 0. The van der Waals surface area contributed by atoms with E-state index in [2.05, 4.69) is 6.92 Å². The number of carbonyl (C=O) groups is 2. The minimum Gasteiger partial charge on any atom is -0.480 e. The highest BCUT2D eigenvalue weighted by Gasteiger charge is 2.51. The van der Waals surface area contributed by atoms with E-state index in [1.807, 2.05) is 0 Å². The van der Waals surface area contributed by atoms with Gasteiger partial charge in [-0.15, -0.1) is 0 Å². The molecule has 3 rings (SSSR count). The van der Waals surface area contributed by atoms with Crippen molar-refractivity contribution in [3.8, 4) is 0 Å². The van der Waals surface area contributed by atoms with Crippen LogP contribution in [0.1, 0.15) is 45.4 Å². The summed E-state index contributed by atoms with van der Waals surface area (Å²) < 4.78 is 0. The van der Waals surface area contributed by atoms with Crippen molar-refractivity contribution in [3.05, 3.63) is 0 Å². The van der Waals surface area contributed by atoms with Crippen molar-refractivity contribution in [2.75, 3.05) is 6.54 Å². The number of rotatable bonds is 3. The Kier molecular flexibility index (Phi) is 3.95. The lowest BCUT2D eigenvalue weighted by atomic mass is 9.82. The minimum absolute atomic E-state index is 0.0108. The summed E-state index contributed by atoms with van der Waals surface area (Å²) in [6.45, 7) is 2.67. The van der Waals surface area contributed by atoms with Gasteiger partial charge in [-0.25, -0.2) is 4.79 Å². The molecule has 1 aliphatic heterocycles. The van der Waals surface area contributed by atoms with Crippen LogP contribution >= 0.6 is 0 Å². The lowest BCUT2D eigenvalue weighted by Crippen LogP contribution is -2.55. The Morgan fingerprint density at radius 2 is 1.90 bits per heavy atom. The van der Waals surface area contributed by atoms with Gasteiger partial charge >= 0.3 is 5.97 Å². The van der Waals surface area contributed by atoms with Crippen molar-refractivity contribution < 1.29 is 14.7 Å². The van der Waals surface area contributed by atoms with Crippen molar-refractivity contribution in [1.82, 2.24) is 4.90 Å². The van der Waals surface area contributed by atoms with Crippen LogP contribution in [0.3, 0.4) is 0 Å². The molecule has 2 aliphatic carbocycles. The van der Waals surface area contributed by atoms with Crippen molar-refractivity contribution in [3.63, 3.8) is 0 Å². The molecule has 0 radical (unpaired) electrons. The molecular weight excluding hydrogens is 268 g/mol.